The van der Waals surface area contributed by atoms with Gasteiger partial charge in [-0.15, -0.1) is 0 Å². The monoisotopic (exact) mass is 299 g/mol. The lowest BCUT2D eigenvalue weighted by Crippen LogP contribution is -2.14. The quantitative estimate of drug-likeness (QED) is 0.689. The van der Waals surface area contributed by atoms with Gasteiger partial charge in [0, 0.05) is 17.6 Å². The Kier molecular flexibility index (Phi) is 3.47. The molecule has 3 rings (SSSR count). The summed E-state index contributed by atoms with van der Waals surface area (Å²) in [4.78, 5) is 17.2. The van der Waals surface area contributed by atoms with Gasteiger partial charge < -0.3 is 0 Å². The third-order valence-electron chi connectivity index (χ3n) is 3.33. The number of fused-ring (bicyclic) bond motifs is 1. The molecule has 0 radical (unpaired) electrons. The minimum Gasteiger partial charge on any atom is -0.287 e. The number of carbonyl (C=O) groups is 1. The van der Waals surface area contributed by atoms with Gasteiger partial charge in [-0.05, 0) is 26.0 Å². The summed E-state index contributed by atoms with van der Waals surface area (Å²) in [6, 6.07) is 9.38. The van der Waals surface area contributed by atoms with Crippen LogP contribution in [0.15, 0.2) is 42.7 Å². The van der Waals surface area contributed by atoms with Crippen LogP contribution < -0.4 is 0 Å². The molecule has 2 heterocycles. The van der Waals surface area contributed by atoms with Crippen molar-refractivity contribution >= 4 is 28.3 Å². The van der Waals surface area contributed by atoms with Crippen LogP contribution in [0.2, 0.25) is 5.02 Å². The predicted octanol–water partition coefficient (Wildman–Crippen LogP) is 3.90. The van der Waals surface area contributed by atoms with E-state index in [4.69, 9.17) is 11.6 Å². The number of carbonyl (C=O) groups excluding carboxylic acids is 1. The van der Waals surface area contributed by atoms with Crippen LogP contribution in [0.5, 0.6) is 0 Å². The fraction of sp³-hybridized carbons (Fsp3) is 0.188. The Balaban J connectivity index is 2.20. The normalized spacial score (nSPS) is 11.2. The van der Waals surface area contributed by atoms with Gasteiger partial charge in [-0.25, -0.2) is 0 Å². The average molecular weight is 300 g/mol. The standard InChI is InChI=1S/C16H14ClN3O/c1-10(2)20-15(13(17)9-19-20)16(21)12-7-3-5-11-6-4-8-18-14(11)12/h3-10H,1-2H3. The predicted molar refractivity (Wildman–Crippen MR) is 82.8 cm³/mol. The maximum atomic E-state index is 12.9. The number of rotatable bonds is 3. The molecule has 0 unspecified atom stereocenters. The van der Waals surface area contributed by atoms with Crippen molar-refractivity contribution in [3.05, 3.63) is 59.0 Å². The van der Waals surface area contributed by atoms with Crippen molar-refractivity contribution in [2.45, 2.75) is 19.9 Å². The summed E-state index contributed by atoms with van der Waals surface area (Å²) in [5.41, 5.74) is 1.62. The van der Waals surface area contributed by atoms with E-state index in [-0.39, 0.29) is 11.8 Å². The molecule has 4 nitrogen and oxygen atoms in total. The third kappa shape index (κ3) is 2.32. The Labute approximate surface area is 127 Å². The highest BCUT2D eigenvalue weighted by Gasteiger charge is 2.22. The molecule has 1 aromatic carbocycles. The van der Waals surface area contributed by atoms with Gasteiger partial charge in [-0.3, -0.25) is 14.5 Å². The molecule has 0 spiro atoms. The van der Waals surface area contributed by atoms with E-state index >= 15 is 0 Å². The maximum absolute atomic E-state index is 12.9. The average Bonchev–Trinajstić information content (AvgIpc) is 2.88. The number of benzene rings is 1. The highest BCUT2D eigenvalue weighted by molar-refractivity contribution is 6.35. The Morgan fingerprint density at radius 3 is 2.76 bits per heavy atom. The Morgan fingerprint density at radius 1 is 1.24 bits per heavy atom. The van der Waals surface area contributed by atoms with Crippen LogP contribution in [0.1, 0.15) is 35.9 Å². The van der Waals surface area contributed by atoms with Crippen molar-refractivity contribution in [1.82, 2.24) is 14.8 Å². The van der Waals surface area contributed by atoms with Crippen LogP contribution in [0.4, 0.5) is 0 Å². The van der Waals surface area contributed by atoms with Gasteiger partial charge in [0.1, 0.15) is 5.69 Å². The lowest BCUT2D eigenvalue weighted by atomic mass is 10.0. The lowest BCUT2D eigenvalue weighted by Gasteiger charge is -2.11. The van der Waals surface area contributed by atoms with Gasteiger partial charge in [-0.1, -0.05) is 29.8 Å². The van der Waals surface area contributed by atoms with Crippen molar-refractivity contribution in [2.75, 3.05) is 0 Å². The summed E-state index contributed by atoms with van der Waals surface area (Å²) in [5.74, 6) is -0.157. The van der Waals surface area contributed by atoms with Crippen molar-refractivity contribution in [1.29, 1.82) is 0 Å². The fourth-order valence-electron chi connectivity index (χ4n) is 2.36. The highest BCUT2D eigenvalue weighted by atomic mass is 35.5. The van der Waals surface area contributed by atoms with Gasteiger partial charge in [0.05, 0.1) is 22.3 Å². The fourth-order valence-corrected chi connectivity index (χ4v) is 2.58. The zero-order chi connectivity index (χ0) is 15.0. The number of nitrogens with zero attached hydrogens (tertiary/aromatic N) is 3. The molecular formula is C16H14ClN3O. The summed E-state index contributed by atoms with van der Waals surface area (Å²) in [6.45, 7) is 3.92. The smallest absolute Gasteiger partial charge is 0.214 e. The number of aromatic nitrogens is 3. The molecule has 5 heteroatoms. The van der Waals surface area contributed by atoms with Crippen LogP contribution in [-0.4, -0.2) is 20.5 Å². The van der Waals surface area contributed by atoms with Gasteiger partial charge in [0.15, 0.2) is 0 Å². The van der Waals surface area contributed by atoms with Gasteiger partial charge in [0.25, 0.3) is 0 Å². The summed E-state index contributed by atoms with van der Waals surface area (Å²) < 4.78 is 1.65. The van der Waals surface area contributed by atoms with E-state index < -0.39 is 0 Å². The van der Waals surface area contributed by atoms with E-state index in [2.05, 4.69) is 10.1 Å². The summed E-state index contributed by atoms with van der Waals surface area (Å²) >= 11 is 6.16. The van der Waals surface area contributed by atoms with E-state index in [0.29, 0.717) is 21.8 Å². The van der Waals surface area contributed by atoms with E-state index in [1.807, 2.05) is 38.1 Å². The van der Waals surface area contributed by atoms with Crippen LogP contribution in [0, 0.1) is 0 Å². The maximum Gasteiger partial charge on any atom is 0.214 e. The molecule has 0 aliphatic rings. The molecule has 3 aromatic rings. The number of hydrogen-bond acceptors (Lipinski definition) is 3. The molecule has 0 saturated carbocycles. The number of ketones is 1. The van der Waals surface area contributed by atoms with E-state index in [9.17, 15) is 4.79 Å². The molecule has 0 atom stereocenters. The first-order chi connectivity index (χ1) is 10.1. The van der Waals surface area contributed by atoms with Crippen molar-refractivity contribution in [3.8, 4) is 0 Å². The van der Waals surface area contributed by atoms with Crippen molar-refractivity contribution in [2.24, 2.45) is 0 Å². The minimum atomic E-state index is -0.157. The van der Waals surface area contributed by atoms with Gasteiger partial charge >= 0.3 is 0 Å². The molecular weight excluding hydrogens is 286 g/mol. The summed E-state index contributed by atoms with van der Waals surface area (Å²) in [6.07, 6.45) is 3.19. The summed E-state index contributed by atoms with van der Waals surface area (Å²) in [5, 5.41) is 5.47. The first-order valence-corrected chi connectivity index (χ1v) is 7.09. The van der Waals surface area contributed by atoms with Crippen molar-refractivity contribution < 1.29 is 4.79 Å². The second kappa shape index (κ2) is 5.30. The van der Waals surface area contributed by atoms with E-state index in [0.717, 1.165) is 5.39 Å². The molecule has 0 aliphatic carbocycles. The second-order valence-electron chi connectivity index (χ2n) is 5.09. The lowest BCUT2D eigenvalue weighted by molar-refractivity contribution is 0.102. The van der Waals surface area contributed by atoms with Gasteiger partial charge in [-0.2, -0.15) is 5.10 Å². The Hall–Kier alpha value is -2.20. The molecule has 0 bridgehead atoms. The van der Waals surface area contributed by atoms with E-state index in [1.165, 1.54) is 6.20 Å². The number of hydrogen-bond donors (Lipinski definition) is 0. The Bertz CT molecular complexity index is 818. The zero-order valence-corrected chi connectivity index (χ0v) is 12.5. The molecule has 106 valence electrons. The zero-order valence-electron chi connectivity index (χ0n) is 11.7. The molecule has 0 amide bonds. The number of pyridine rings is 1. The third-order valence-corrected chi connectivity index (χ3v) is 3.61. The first-order valence-electron chi connectivity index (χ1n) is 6.71. The first kappa shape index (κ1) is 13.8. The van der Waals surface area contributed by atoms with Crippen LogP contribution in [0.3, 0.4) is 0 Å². The second-order valence-corrected chi connectivity index (χ2v) is 5.50. The summed E-state index contributed by atoms with van der Waals surface area (Å²) in [7, 11) is 0. The Morgan fingerprint density at radius 2 is 2.00 bits per heavy atom. The molecule has 2 aromatic heterocycles. The number of halogens is 1. The van der Waals surface area contributed by atoms with Crippen LogP contribution >= 0.6 is 11.6 Å². The highest BCUT2D eigenvalue weighted by Crippen LogP contribution is 2.25. The molecule has 0 saturated heterocycles. The SMILES string of the molecule is CC(C)n1ncc(Cl)c1C(=O)c1cccc2cccnc12. The van der Waals surface area contributed by atoms with Crippen molar-refractivity contribution in [3.63, 3.8) is 0 Å². The molecule has 0 aliphatic heterocycles. The molecule has 0 fully saturated rings. The van der Waals surface area contributed by atoms with Crippen LogP contribution in [0.25, 0.3) is 10.9 Å². The molecule has 0 N–H and O–H groups in total. The van der Waals surface area contributed by atoms with E-state index in [1.54, 1.807) is 16.9 Å². The molecule has 21 heavy (non-hydrogen) atoms. The minimum absolute atomic E-state index is 0.0550. The largest absolute Gasteiger partial charge is 0.287 e. The van der Waals surface area contributed by atoms with Crippen LogP contribution in [-0.2, 0) is 0 Å². The topological polar surface area (TPSA) is 47.8 Å². The van der Waals surface area contributed by atoms with Gasteiger partial charge in [0.2, 0.25) is 5.78 Å². The number of para-hydroxylation sites is 1.